The SMILES string of the molecule is CCCn1nc(C(=O)OCC(=O)/C=C2/N(C)c3ccccc3C2(C)C)c2ccccc2c1=O. The van der Waals surface area contributed by atoms with Gasteiger partial charge in [-0.2, -0.15) is 5.10 Å². The van der Waals surface area contributed by atoms with Gasteiger partial charge in [-0.25, -0.2) is 9.48 Å². The highest BCUT2D eigenvalue weighted by molar-refractivity contribution is 6.03. The van der Waals surface area contributed by atoms with Crippen LogP contribution in [0.25, 0.3) is 10.8 Å². The highest BCUT2D eigenvalue weighted by atomic mass is 16.5. The van der Waals surface area contributed by atoms with Crippen LogP contribution < -0.4 is 10.5 Å². The van der Waals surface area contributed by atoms with Crippen LogP contribution in [0.3, 0.4) is 0 Å². The molecule has 0 amide bonds. The summed E-state index contributed by atoms with van der Waals surface area (Å²) in [4.78, 5) is 40.2. The first-order valence-corrected chi connectivity index (χ1v) is 11.0. The molecule has 0 saturated heterocycles. The first kappa shape index (κ1) is 22.5. The van der Waals surface area contributed by atoms with Crippen LogP contribution in [0, 0.1) is 0 Å². The Hall–Kier alpha value is -3.74. The van der Waals surface area contributed by atoms with E-state index in [0.29, 0.717) is 23.7 Å². The highest BCUT2D eigenvalue weighted by Gasteiger charge is 2.38. The molecule has 0 N–H and O–H groups in total. The van der Waals surface area contributed by atoms with Gasteiger partial charge < -0.3 is 9.64 Å². The van der Waals surface area contributed by atoms with E-state index in [1.165, 1.54) is 10.8 Å². The smallest absolute Gasteiger partial charge is 0.359 e. The first-order chi connectivity index (χ1) is 15.8. The number of likely N-dealkylation sites (N-methyl/N-ethyl adjacent to an activating group) is 1. The second-order valence-corrected chi connectivity index (χ2v) is 8.70. The van der Waals surface area contributed by atoms with E-state index < -0.39 is 12.6 Å². The van der Waals surface area contributed by atoms with Crippen molar-refractivity contribution in [1.29, 1.82) is 0 Å². The zero-order valence-corrected chi connectivity index (χ0v) is 19.3. The maximum atomic E-state index is 12.9. The zero-order chi connectivity index (χ0) is 23.8. The lowest BCUT2D eigenvalue weighted by molar-refractivity contribution is -0.117. The summed E-state index contributed by atoms with van der Waals surface area (Å²) in [5.74, 6) is -1.05. The number of carbonyl (C=O) groups excluding carboxylic acids is 2. The molecule has 3 aromatic rings. The number of hydrogen-bond acceptors (Lipinski definition) is 6. The molecule has 0 spiro atoms. The van der Waals surface area contributed by atoms with Crippen molar-refractivity contribution in [2.75, 3.05) is 18.6 Å². The summed E-state index contributed by atoms with van der Waals surface area (Å²) in [6, 6.07) is 14.8. The van der Waals surface area contributed by atoms with E-state index in [0.717, 1.165) is 16.9 Å². The van der Waals surface area contributed by atoms with Crippen LogP contribution in [0.1, 0.15) is 43.2 Å². The Morgan fingerprint density at radius 2 is 1.73 bits per heavy atom. The van der Waals surface area contributed by atoms with Crippen molar-refractivity contribution in [3.63, 3.8) is 0 Å². The summed E-state index contributed by atoms with van der Waals surface area (Å²) in [5, 5.41) is 5.04. The minimum Gasteiger partial charge on any atom is -0.453 e. The van der Waals surface area contributed by atoms with Crippen LogP contribution in [-0.2, 0) is 21.5 Å². The lowest BCUT2D eigenvalue weighted by atomic mass is 9.83. The van der Waals surface area contributed by atoms with Crippen molar-refractivity contribution in [2.24, 2.45) is 0 Å². The Morgan fingerprint density at radius 3 is 2.42 bits per heavy atom. The molecule has 1 aromatic heterocycles. The average molecular weight is 446 g/mol. The Labute approximate surface area is 192 Å². The number of para-hydroxylation sites is 1. The average Bonchev–Trinajstić information content (AvgIpc) is 3.00. The summed E-state index contributed by atoms with van der Waals surface area (Å²) in [6.45, 7) is 6.02. The minimum atomic E-state index is -0.731. The van der Waals surface area contributed by atoms with Gasteiger partial charge in [0.25, 0.3) is 5.56 Å². The van der Waals surface area contributed by atoms with Gasteiger partial charge in [0.15, 0.2) is 18.1 Å². The number of allylic oxidation sites excluding steroid dienone is 1. The van der Waals surface area contributed by atoms with E-state index >= 15 is 0 Å². The monoisotopic (exact) mass is 445 g/mol. The van der Waals surface area contributed by atoms with Gasteiger partial charge in [-0.1, -0.05) is 57.2 Å². The summed E-state index contributed by atoms with van der Waals surface area (Å²) in [7, 11) is 1.92. The molecule has 7 nitrogen and oxygen atoms in total. The first-order valence-electron chi connectivity index (χ1n) is 11.0. The van der Waals surface area contributed by atoms with Crippen LogP contribution >= 0.6 is 0 Å². The van der Waals surface area contributed by atoms with Crippen molar-refractivity contribution in [3.05, 3.63) is 81.9 Å². The normalized spacial score (nSPS) is 15.6. The van der Waals surface area contributed by atoms with E-state index in [2.05, 4.69) is 25.0 Å². The predicted octanol–water partition coefficient (Wildman–Crippen LogP) is 3.84. The number of carbonyl (C=O) groups is 2. The highest BCUT2D eigenvalue weighted by Crippen LogP contribution is 2.46. The number of fused-ring (bicyclic) bond motifs is 2. The quantitative estimate of drug-likeness (QED) is 0.424. The van der Waals surface area contributed by atoms with Gasteiger partial charge in [0.2, 0.25) is 0 Å². The van der Waals surface area contributed by atoms with Crippen LogP contribution in [-0.4, -0.2) is 35.2 Å². The van der Waals surface area contributed by atoms with Gasteiger partial charge in [0.1, 0.15) is 0 Å². The number of rotatable bonds is 6. The molecule has 2 aromatic carbocycles. The fourth-order valence-electron chi connectivity index (χ4n) is 4.41. The molecular weight excluding hydrogens is 418 g/mol. The van der Waals surface area contributed by atoms with E-state index in [4.69, 9.17) is 4.74 Å². The third kappa shape index (κ3) is 3.95. The molecule has 33 heavy (non-hydrogen) atoms. The molecule has 1 aliphatic heterocycles. The fourth-order valence-corrected chi connectivity index (χ4v) is 4.41. The predicted molar refractivity (Wildman–Crippen MR) is 128 cm³/mol. The topological polar surface area (TPSA) is 81.5 Å². The maximum Gasteiger partial charge on any atom is 0.359 e. The number of aryl methyl sites for hydroxylation is 1. The van der Waals surface area contributed by atoms with Gasteiger partial charge in [-0.15, -0.1) is 0 Å². The molecule has 0 aliphatic carbocycles. The molecule has 7 heteroatoms. The molecular formula is C26H27N3O4. The van der Waals surface area contributed by atoms with E-state index in [-0.39, 0.29) is 22.5 Å². The van der Waals surface area contributed by atoms with Crippen LogP contribution in [0.15, 0.2) is 65.1 Å². The summed E-state index contributed by atoms with van der Waals surface area (Å²) in [5.41, 5.74) is 2.45. The second-order valence-electron chi connectivity index (χ2n) is 8.70. The van der Waals surface area contributed by atoms with E-state index in [1.54, 1.807) is 24.3 Å². The molecule has 170 valence electrons. The lowest BCUT2D eigenvalue weighted by Crippen LogP contribution is -2.27. The molecule has 0 unspecified atom stereocenters. The van der Waals surface area contributed by atoms with Crippen LogP contribution in [0.5, 0.6) is 0 Å². The number of esters is 1. The number of hydrogen-bond donors (Lipinski definition) is 0. The van der Waals surface area contributed by atoms with Crippen LogP contribution in [0.4, 0.5) is 5.69 Å². The zero-order valence-electron chi connectivity index (χ0n) is 19.3. The number of nitrogens with zero attached hydrogens (tertiary/aromatic N) is 3. The third-order valence-electron chi connectivity index (χ3n) is 6.08. The third-order valence-corrected chi connectivity index (χ3v) is 6.08. The Kier molecular flexibility index (Phi) is 5.89. The Bertz CT molecular complexity index is 1340. The van der Waals surface area contributed by atoms with Gasteiger partial charge in [-0.05, 0) is 24.1 Å². The lowest BCUT2D eigenvalue weighted by Gasteiger charge is -2.23. The van der Waals surface area contributed by atoms with E-state index in [1.807, 2.05) is 37.1 Å². The molecule has 0 bridgehead atoms. The standard InChI is InChI=1S/C26H27N3O4/c1-5-14-29-24(31)19-11-7-6-10-18(19)23(27-29)25(32)33-16-17(30)15-22-26(2,3)20-12-8-9-13-21(20)28(22)4/h6-13,15H,5,14,16H2,1-4H3/b22-15+. The summed E-state index contributed by atoms with van der Waals surface area (Å²) < 4.78 is 6.61. The van der Waals surface area contributed by atoms with Crippen molar-refractivity contribution in [3.8, 4) is 0 Å². The Balaban J connectivity index is 1.57. The minimum absolute atomic E-state index is 0.0322. The summed E-state index contributed by atoms with van der Waals surface area (Å²) >= 11 is 0. The number of ether oxygens (including phenoxy) is 1. The van der Waals surface area contributed by atoms with Gasteiger partial charge in [0.05, 0.1) is 5.39 Å². The van der Waals surface area contributed by atoms with Gasteiger partial charge >= 0.3 is 5.97 Å². The second kappa shape index (κ2) is 8.65. The van der Waals surface area contributed by atoms with Crippen molar-refractivity contribution < 1.29 is 14.3 Å². The molecule has 0 fully saturated rings. The van der Waals surface area contributed by atoms with Crippen molar-refractivity contribution >= 4 is 28.2 Å². The van der Waals surface area contributed by atoms with Gasteiger partial charge in [0, 0.05) is 41.9 Å². The number of benzene rings is 2. The number of ketones is 1. The van der Waals surface area contributed by atoms with E-state index in [9.17, 15) is 14.4 Å². The van der Waals surface area contributed by atoms with Gasteiger partial charge in [-0.3, -0.25) is 9.59 Å². The molecule has 4 rings (SSSR count). The number of aromatic nitrogens is 2. The molecule has 1 aliphatic rings. The molecule has 2 heterocycles. The molecule has 0 atom stereocenters. The number of anilines is 1. The summed E-state index contributed by atoms with van der Waals surface area (Å²) in [6.07, 6.45) is 2.23. The fraction of sp³-hybridized carbons (Fsp3) is 0.308. The maximum absolute atomic E-state index is 12.9. The van der Waals surface area contributed by atoms with Crippen molar-refractivity contribution in [2.45, 2.75) is 39.2 Å². The molecule has 0 radical (unpaired) electrons. The largest absolute Gasteiger partial charge is 0.453 e. The Morgan fingerprint density at radius 1 is 1.06 bits per heavy atom. The van der Waals surface area contributed by atoms with Crippen molar-refractivity contribution in [1.82, 2.24) is 9.78 Å². The molecule has 0 saturated carbocycles. The van der Waals surface area contributed by atoms with Crippen LogP contribution in [0.2, 0.25) is 0 Å².